The van der Waals surface area contributed by atoms with Gasteiger partial charge in [-0.1, -0.05) is 0 Å². The van der Waals surface area contributed by atoms with Gasteiger partial charge in [-0.15, -0.1) is 0 Å². The average molecular weight is 225 g/mol. The number of nitrogens with zero attached hydrogens (tertiary/aromatic N) is 1. The largest absolute Gasteiger partial charge is 0.384 e. The third-order valence-corrected chi connectivity index (χ3v) is 3.08. The van der Waals surface area contributed by atoms with Gasteiger partial charge in [-0.05, 0) is 25.7 Å². The number of ether oxygens (including phenoxy) is 1. The highest BCUT2D eigenvalue weighted by molar-refractivity contribution is 5.39. The molecule has 0 spiro atoms. The summed E-state index contributed by atoms with van der Waals surface area (Å²) >= 11 is 0. The van der Waals surface area contributed by atoms with Crippen molar-refractivity contribution in [2.75, 3.05) is 12.3 Å². The van der Waals surface area contributed by atoms with Crippen molar-refractivity contribution < 1.29 is 4.74 Å². The molecule has 0 aromatic carbocycles. The summed E-state index contributed by atoms with van der Waals surface area (Å²) in [5.41, 5.74) is 9.46. The molecular weight excluding hydrogens is 206 g/mol. The van der Waals surface area contributed by atoms with E-state index in [0.29, 0.717) is 11.9 Å². The molecule has 6 N–H and O–H groups in total. The van der Waals surface area contributed by atoms with Crippen LogP contribution < -0.4 is 17.0 Å². The van der Waals surface area contributed by atoms with Crippen LogP contribution in [0, 0.1) is 0 Å². The number of rotatable bonds is 5. The first-order valence-corrected chi connectivity index (χ1v) is 5.67. The SMILES string of the molecule is NNC(CCC1CCCO1)c1cn[nH]c1N. The molecule has 1 aliphatic heterocycles. The Balaban J connectivity index is 1.88. The topological polar surface area (TPSA) is 102 Å². The first-order chi connectivity index (χ1) is 7.81. The van der Waals surface area contributed by atoms with E-state index < -0.39 is 0 Å². The van der Waals surface area contributed by atoms with E-state index in [1.165, 1.54) is 6.42 Å². The van der Waals surface area contributed by atoms with Gasteiger partial charge < -0.3 is 10.5 Å². The molecule has 2 heterocycles. The van der Waals surface area contributed by atoms with E-state index in [1.54, 1.807) is 6.20 Å². The molecule has 1 aliphatic rings. The number of hydrogen-bond acceptors (Lipinski definition) is 5. The number of H-pyrrole nitrogens is 1. The van der Waals surface area contributed by atoms with Crippen molar-refractivity contribution in [1.29, 1.82) is 0 Å². The quantitative estimate of drug-likeness (QED) is 0.430. The van der Waals surface area contributed by atoms with Crippen LogP contribution in [-0.2, 0) is 4.74 Å². The minimum absolute atomic E-state index is 0.0444. The lowest BCUT2D eigenvalue weighted by Crippen LogP contribution is -2.29. The monoisotopic (exact) mass is 225 g/mol. The van der Waals surface area contributed by atoms with Gasteiger partial charge in [0.25, 0.3) is 0 Å². The fourth-order valence-corrected chi connectivity index (χ4v) is 2.14. The summed E-state index contributed by atoms with van der Waals surface area (Å²) in [6.07, 6.45) is 6.32. The van der Waals surface area contributed by atoms with Crippen molar-refractivity contribution in [3.8, 4) is 0 Å². The van der Waals surface area contributed by atoms with Crippen LogP contribution in [0.2, 0.25) is 0 Å². The van der Waals surface area contributed by atoms with Gasteiger partial charge in [0.1, 0.15) is 5.82 Å². The number of nitrogen functional groups attached to an aromatic ring is 1. The Morgan fingerprint density at radius 1 is 1.69 bits per heavy atom. The van der Waals surface area contributed by atoms with Gasteiger partial charge in [0.15, 0.2) is 0 Å². The first-order valence-electron chi connectivity index (χ1n) is 5.67. The third-order valence-electron chi connectivity index (χ3n) is 3.08. The molecule has 0 bridgehead atoms. The molecule has 0 saturated carbocycles. The van der Waals surface area contributed by atoms with Crippen molar-refractivity contribution >= 4 is 5.82 Å². The van der Waals surface area contributed by atoms with Gasteiger partial charge in [-0.2, -0.15) is 5.10 Å². The number of aromatic amines is 1. The molecule has 6 nitrogen and oxygen atoms in total. The minimum Gasteiger partial charge on any atom is -0.384 e. The number of nitrogens with two attached hydrogens (primary N) is 2. The predicted molar refractivity (Wildman–Crippen MR) is 61.3 cm³/mol. The average Bonchev–Trinajstić information content (AvgIpc) is 2.92. The molecule has 2 unspecified atom stereocenters. The molecular formula is C10H19N5O. The van der Waals surface area contributed by atoms with Crippen LogP contribution in [0.4, 0.5) is 5.82 Å². The van der Waals surface area contributed by atoms with Crippen LogP contribution >= 0.6 is 0 Å². The fourth-order valence-electron chi connectivity index (χ4n) is 2.14. The summed E-state index contributed by atoms with van der Waals surface area (Å²) in [7, 11) is 0. The van der Waals surface area contributed by atoms with E-state index in [4.69, 9.17) is 16.3 Å². The van der Waals surface area contributed by atoms with Gasteiger partial charge >= 0.3 is 0 Å². The second kappa shape index (κ2) is 5.29. The van der Waals surface area contributed by atoms with Crippen LogP contribution in [0.3, 0.4) is 0 Å². The molecule has 2 atom stereocenters. The van der Waals surface area contributed by atoms with Crippen LogP contribution in [-0.4, -0.2) is 22.9 Å². The highest BCUT2D eigenvalue weighted by Gasteiger charge is 2.20. The van der Waals surface area contributed by atoms with E-state index >= 15 is 0 Å². The maximum atomic E-state index is 5.76. The standard InChI is InChI=1S/C10H19N5O/c11-10-8(6-13-15-10)9(14-12)4-3-7-2-1-5-16-7/h6-7,9,14H,1-5,12H2,(H3,11,13,15). The lowest BCUT2D eigenvalue weighted by Gasteiger charge is -2.17. The number of anilines is 1. The van der Waals surface area contributed by atoms with Crippen molar-refractivity contribution in [2.45, 2.75) is 37.8 Å². The van der Waals surface area contributed by atoms with Gasteiger partial charge in [-0.3, -0.25) is 16.4 Å². The molecule has 0 radical (unpaired) electrons. The molecule has 1 aromatic rings. The Hall–Kier alpha value is -1.11. The number of hydrogen-bond donors (Lipinski definition) is 4. The lowest BCUT2D eigenvalue weighted by molar-refractivity contribution is 0.0996. The van der Waals surface area contributed by atoms with E-state index in [0.717, 1.165) is 31.4 Å². The van der Waals surface area contributed by atoms with Gasteiger partial charge in [0.05, 0.1) is 18.3 Å². The molecule has 1 saturated heterocycles. The normalized spacial score (nSPS) is 22.4. The molecule has 0 amide bonds. The first kappa shape index (κ1) is 11.4. The van der Waals surface area contributed by atoms with Crippen molar-refractivity contribution in [1.82, 2.24) is 15.6 Å². The second-order valence-corrected chi connectivity index (χ2v) is 4.17. The van der Waals surface area contributed by atoms with Crippen LogP contribution in [0.25, 0.3) is 0 Å². The summed E-state index contributed by atoms with van der Waals surface area (Å²) < 4.78 is 5.57. The number of nitrogens with one attached hydrogen (secondary N) is 2. The molecule has 2 rings (SSSR count). The molecule has 1 aromatic heterocycles. The van der Waals surface area contributed by atoms with Gasteiger partial charge in [0.2, 0.25) is 0 Å². The molecule has 16 heavy (non-hydrogen) atoms. The number of aromatic nitrogens is 2. The van der Waals surface area contributed by atoms with E-state index in [9.17, 15) is 0 Å². The van der Waals surface area contributed by atoms with Gasteiger partial charge in [0, 0.05) is 12.2 Å². The summed E-state index contributed by atoms with van der Waals surface area (Å²) in [4.78, 5) is 0. The van der Waals surface area contributed by atoms with Crippen LogP contribution in [0.1, 0.15) is 37.3 Å². The maximum Gasteiger partial charge on any atom is 0.123 e. The number of hydrazine groups is 1. The van der Waals surface area contributed by atoms with Gasteiger partial charge in [-0.25, -0.2) is 0 Å². The Kier molecular flexibility index (Phi) is 3.76. The van der Waals surface area contributed by atoms with Crippen LogP contribution in [0.5, 0.6) is 0 Å². The fraction of sp³-hybridized carbons (Fsp3) is 0.700. The van der Waals surface area contributed by atoms with Crippen LogP contribution in [0.15, 0.2) is 6.20 Å². The third kappa shape index (κ3) is 2.52. The summed E-state index contributed by atoms with van der Waals surface area (Å²) in [5, 5.41) is 6.61. The Bertz CT molecular complexity index is 321. The zero-order valence-electron chi connectivity index (χ0n) is 9.28. The van der Waals surface area contributed by atoms with Crippen molar-refractivity contribution in [3.05, 3.63) is 11.8 Å². The molecule has 1 fully saturated rings. The molecule has 6 heteroatoms. The zero-order chi connectivity index (χ0) is 11.4. The summed E-state index contributed by atoms with van der Waals surface area (Å²) in [5.74, 6) is 6.11. The zero-order valence-corrected chi connectivity index (χ0v) is 9.28. The molecule has 0 aliphatic carbocycles. The molecule has 90 valence electrons. The summed E-state index contributed by atoms with van der Waals surface area (Å²) in [6.45, 7) is 0.888. The predicted octanol–water partition coefficient (Wildman–Crippen LogP) is 0.455. The maximum absolute atomic E-state index is 5.76. The van der Waals surface area contributed by atoms with E-state index in [1.807, 2.05) is 0 Å². The lowest BCUT2D eigenvalue weighted by atomic mass is 10.0. The Morgan fingerprint density at radius 3 is 3.12 bits per heavy atom. The van der Waals surface area contributed by atoms with E-state index in [2.05, 4.69) is 15.6 Å². The van der Waals surface area contributed by atoms with E-state index in [-0.39, 0.29) is 6.04 Å². The van der Waals surface area contributed by atoms with Crippen molar-refractivity contribution in [2.24, 2.45) is 5.84 Å². The highest BCUT2D eigenvalue weighted by atomic mass is 16.5. The highest BCUT2D eigenvalue weighted by Crippen LogP contribution is 2.25. The Labute approximate surface area is 94.7 Å². The smallest absolute Gasteiger partial charge is 0.123 e. The van der Waals surface area contributed by atoms with Crippen molar-refractivity contribution in [3.63, 3.8) is 0 Å². The minimum atomic E-state index is 0.0444. The second-order valence-electron chi connectivity index (χ2n) is 4.17. The summed E-state index contributed by atoms with van der Waals surface area (Å²) in [6, 6.07) is 0.0444. The Morgan fingerprint density at radius 2 is 2.56 bits per heavy atom.